The van der Waals surface area contributed by atoms with E-state index >= 15 is 0 Å². The molecule has 2 saturated heterocycles. The van der Waals surface area contributed by atoms with Gasteiger partial charge in [0.25, 0.3) is 0 Å². The topological polar surface area (TPSA) is 63.3 Å². The predicted molar refractivity (Wildman–Crippen MR) is 115 cm³/mol. The molecule has 2 fully saturated rings. The van der Waals surface area contributed by atoms with Crippen LogP contribution in [0.25, 0.3) is 0 Å². The Morgan fingerprint density at radius 1 is 1.08 bits per heavy atom. The van der Waals surface area contributed by atoms with Crippen molar-refractivity contribution in [2.24, 2.45) is 10.7 Å². The molecule has 2 heterocycles. The van der Waals surface area contributed by atoms with E-state index < -0.39 is 0 Å². The Morgan fingerprint density at radius 2 is 1.65 bits per heavy atom. The van der Waals surface area contributed by atoms with Crippen LogP contribution in [0.15, 0.2) is 29.3 Å². The molecule has 0 amide bonds. The lowest BCUT2D eigenvalue weighted by Gasteiger charge is -2.35. The van der Waals surface area contributed by atoms with Crippen molar-refractivity contribution in [3.05, 3.63) is 35.4 Å². The van der Waals surface area contributed by atoms with E-state index in [0.29, 0.717) is 24.7 Å². The molecular weight excluding hydrogens is 443 g/mol. The van der Waals surface area contributed by atoms with Crippen molar-refractivity contribution in [2.45, 2.75) is 39.1 Å². The fourth-order valence-corrected chi connectivity index (χ4v) is 3.49. The summed E-state index contributed by atoms with van der Waals surface area (Å²) in [5.74, 6) is 0.615. The predicted octanol–water partition coefficient (Wildman–Crippen LogP) is 2.06. The van der Waals surface area contributed by atoms with Gasteiger partial charge in [0.15, 0.2) is 5.96 Å². The van der Waals surface area contributed by atoms with E-state index in [2.05, 4.69) is 52.9 Å². The van der Waals surface area contributed by atoms with Crippen molar-refractivity contribution in [3.63, 3.8) is 0 Å². The Morgan fingerprint density at radius 3 is 2.27 bits per heavy atom. The maximum atomic E-state index is 6.08. The molecule has 0 aromatic heterocycles. The Labute approximate surface area is 173 Å². The molecule has 0 radical (unpaired) electrons. The van der Waals surface area contributed by atoms with Gasteiger partial charge in [-0.15, -0.1) is 24.0 Å². The maximum Gasteiger partial charge on any atom is 0.191 e. The zero-order valence-corrected chi connectivity index (χ0v) is 18.1. The minimum atomic E-state index is 0. The van der Waals surface area contributed by atoms with E-state index in [1.165, 1.54) is 11.1 Å². The molecule has 7 heteroatoms. The van der Waals surface area contributed by atoms with Gasteiger partial charge in [-0.1, -0.05) is 24.3 Å². The highest BCUT2D eigenvalue weighted by Crippen LogP contribution is 2.15. The smallest absolute Gasteiger partial charge is 0.191 e. The van der Waals surface area contributed by atoms with Gasteiger partial charge in [0.05, 0.1) is 32.0 Å². The number of rotatable bonds is 4. The summed E-state index contributed by atoms with van der Waals surface area (Å²) in [6.45, 7) is 11.0. The first-order valence-electron chi connectivity index (χ1n) is 9.18. The van der Waals surface area contributed by atoms with Gasteiger partial charge in [0, 0.05) is 32.7 Å². The molecule has 3 rings (SSSR count). The Hall–Kier alpha value is -0.900. The van der Waals surface area contributed by atoms with Crippen molar-refractivity contribution in [1.29, 1.82) is 0 Å². The summed E-state index contributed by atoms with van der Waals surface area (Å²) in [6.07, 6.45) is 0.612. The largest absolute Gasteiger partial charge is 0.378 e. The van der Waals surface area contributed by atoms with Crippen LogP contribution < -0.4 is 5.73 Å². The second kappa shape index (κ2) is 10.4. The van der Waals surface area contributed by atoms with Crippen LogP contribution in [0.4, 0.5) is 0 Å². The number of benzene rings is 1. The fourth-order valence-electron chi connectivity index (χ4n) is 3.49. The molecule has 2 aliphatic heterocycles. The van der Waals surface area contributed by atoms with E-state index in [1.54, 1.807) is 0 Å². The molecule has 0 bridgehead atoms. The summed E-state index contributed by atoms with van der Waals surface area (Å²) in [7, 11) is 0. The molecule has 2 atom stereocenters. The highest BCUT2D eigenvalue weighted by Gasteiger charge is 2.21. The first-order chi connectivity index (χ1) is 12.1. The molecule has 6 nitrogen and oxygen atoms in total. The van der Waals surface area contributed by atoms with Crippen molar-refractivity contribution < 1.29 is 9.47 Å². The molecule has 2 aliphatic rings. The summed E-state index contributed by atoms with van der Waals surface area (Å²) in [5, 5.41) is 0. The van der Waals surface area contributed by atoms with Gasteiger partial charge in [-0.05, 0) is 25.0 Å². The van der Waals surface area contributed by atoms with Crippen LogP contribution in [0, 0.1) is 0 Å². The van der Waals surface area contributed by atoms with Gasteiger partial charge < -0.3 is 20.1 Å². The van der Waals surface area contributed by atoms with Crippen LogP contribution in [0.5, 0.6) is 0 Å². The van der Waals surface area contributed by atoms with Crippen molar-refractivity contribution >= 4 is 29.9 Å². The lowest BCUT2D eigenvalue weighted by atomic mass is 10.1. The number of halogens is 1. The molecule has 0 spiro atoms. The van der Waals surface area contributed by atoms with Gasteiger partial charge >= 0.3 is 0 Å². The minimum absolute atomic E-state index is 0. The van der Waals surface area contributed by atoms with Crippen LogP contribution in [0.1, 0.15) is 25.0 Å². The van der Waals surface area contributed by atoms with Crippen molar-refractivity contribution in [3.8, 4) is 0 Å². The van der Waals surface area contributed by atoms with E-state index in [0.717, 1.165) is 45.9 Å². The van der Waals surface area contributed by atoms with Gasteiger partial charge in [-0.3, -0.25) is 4.90 Å². The quantitative estimate of drug-likeness (QED) is 0.411. The van der Waals surface area contributed by atoms with Crippen LogP contribution >= 0.6 is 24.0 Å². The number of morpholine rings is 2. The van der Waals surface area contributed by atoms with E-state index in [-0.39, 0.29) is 24.0 Å². The number of ether oxygens (including phenoxy) is 2. The lowest BCUT2D eigenvalue weighted by molar-refractivity contribution is -0.0704. The average molecular weight is 474 g/mol. The first-order valence-corrected chi connectivity index (χ1v) is 9.18. The Kier molecular flexibility index (Phi) is 8.59. The summed E-state index contributed by atoms with van der Waals surface area (Å²) < 4.78 is 11.1. The summed E-state index contributed by atoms with van der Waals surface area (Å²) in [4.78, 5) is 9.06. The van der Waals surface area contributed by atoms with Gasteiger partial charge in [-0.2, -0.15) is 0 Å². The van der Waals surface area contributed by atoms with E-state index in [1.807, 2.05) is 0 Å². The Bertz CT molecular complexity index is 565. The third kappa shape index (κ3) is 6.37. The van der Waals surface area contributed by atoms with Crippen LogP contribution in [0.3, 0.4) is 0 Å². The second-order valence-electron chi connectivity index (χ2n) is 7.04. The van der Waals surface area contributed by atoms with Crippen LogP contribution in [0.2, 0.25) is 0 Å². The molecular formula is C19H31IN4O2. The minimum Gasteiger partial charge on any atom is -0.378 e. The fraction of sp³-hybridized carbons (Fsp3) is 0.632. The lowest BCUT2D eigenvalue weighted by Crippen LogP contribution is -2.44. The van der Waals surface area contributed by atoms with Gasteiger partial charge in [0.2, 0.25) is 0 Å². The van der Waals surface area contributed by atoms with Gasteiger partial charge in [-0.25, -0.2) is 4.99 Å². The molecule has 26 heavy (non-hydrogen) atoms. The molecule has 0 aliphatic carbocycles. The maximum absolute atomic E-state index is 6.08. The number of nitrogens with two attached hydrogens (primary N) is 1. The van der Waals surface area contributed by atoms with E-state index in [4.69, 9.17) is 15.2 Å². The summed E-state index contributed by atoms with van der Waals surface area (Å²) >= 11 is 0. The summed E-state index contributed by atoms with van der Waals surface area (Å²) in [6, 6.07) is 8.69. The monoisotopic (exact) mass is 474 g/mol. The zero-order valence-electron chi connectivity index (χ0n) is 15.8. The van der Waals surface area contributed by atoms with Gasteiger partial charge in [0.1, 0.15) is 0 Å². The van der Waals surface area contributed by atoms with Crippen molar-refractivity contribution in [1.82, 2.24) is 9.80 Å². The van der Waals surface area contributed by atoms with Crippen molar-refractivity contribution in [2.75, 3.05) is 39.4 Å². The third-order valence-electron chi connectivity index (χ3n) is 4.68. The number of hydrogen-bond acceptors (Lipinski definition) is 4. The standard InChI is InChI=1S/C19H30N4O2.HI/c1-15-12-22(13-16(2)25-15)14-18-5-3-17(4-6-18)11-21-19(20)23-7-9-24-10-8-23;/h3-6,15-16H,7-14H2,1-2H3,(H2,20,21);1H. The Balaban J connectivity index is 0.00000243. The van der Waals surface area contributed by atoms with Crippen LogP contribution in [-0.2, 0) is 22.6 Å². The average Bonchev–Trinajstić information content (AvgIpc) is 2.61. The molecule has 1 aromatic rings. The molecule has 1 aromatic carbocycles. The van der Waals surface area contributed by atoms with E-state index in [9.17, 15) is 0 Å². The molecule has 146 valence electrons. The highest BCUT2D eigenvalue weighted by atomic mass is 127. The number of hydrogen-bond donors (Lipinski definition) is 1. The first kappa shape index (κ1) is 21.4. The number of nitrogens with zero attached hydrogens (tertiary/aromatic N) is 3. The second-order valence-corrected chi connectivity index (χ2v) is 7.04. The molecule has 2 unspecified atom stereocenters. The normalized spacial score (nSPS) is 25.0. The van der Waals surface area contributed by atoms with Crippen LogP contribution in [-0.4, -0.2) is 67.4 Å². The molecule has 2 N–H and O–H groups in total. The SMILES string of the molecule is CC1CN(Cc2ccc(CN=C(N)N3CCOCC3)cc2)CC(C)O1.I. The highest BCUT2D eigenvalue weighted by molar-refractivity contribution is 14.0. The number of guanidine groups is 1. The molecule has 0 saturated carbocycles. The zero-order chi connectivity index (χ0) is 17.6. The number of aliphatic imine (C=N–C) groups is 1. The summed E-state index contributed by atoms with van der Waals surface area (Å²) in [5.41, 5.74) is 8.59. The third-order valence-corrected chi connectivity index (χ3v) is 4.68.